The average Bonchev–Trinajstić information content (AvgIpc) is 2.32. The van der Waals surface area contributed by atoms with Crippen molar-refractivity contribution in [3.63, 3.8) is 0 Å². The van der Waals surface area contributed by atoms with Gasteiger partial charge in [0.05, 0.1) is 22.4 Å². The third kappa shape index (κ3) is 4.54. The number of unbranched alkanes of at least 4 members (excludes halogenated alkanes) is 1. The van der Waals surface area contributed by atoms with Gasteiger partial charge in [0.2, 0.25) is 10.0 Å². The highest BCUT2D eigenvalue weighted by Gasteiger charge is 2.18. The molecule has 0 heterocycles. The van der Waals surface area contributed by atoms with E-state index in [1.54, 1.807) is 19.1 Å². The van der Waals surface area contributed by atoms with Crippen molar-refractivity contribution in [2.75, 3.05) is 5.75 Å². The second-order valence-electron chi connectivity index (χ2n) is 3.95. The first-order chi connectivity index (χ1) is 8.87. The summed E-state index contributed by atoms with van der Waals surface area (Å²) in [4.78, 5) is 11.8. The molecule has 1 amide bonds. The van der Waals surface area contributed by atoms with Crippen LogP contribution in [0.25, 0.3) is 0 Å². The fourth-order valence-corrected chi connectivity index (χ4v) is 2.64. The van der Waals surface area contributed by atoms with Crippen molar-refractivity contribution in [3.8, 4) is 6.07 Å². The van der Waals surface area contributed by atoms with Crippen LogP contribution in [0.2, 0.25) is 5.02 Å². The molecule has 7 heteroatoms. The van der Waals surface area contributed by atoms with Gasteiger partial charge in [-0.05, 0) is 25.0 Å². The predicted octanol–water partition coefficient (Wildman–Crippen LogP) is 2.01. The van der Waals surface area contributed by atoms with Crippen molar-refractivity contribution in [1.82, 2.24) is 4.72 Å². The number of halogens is 1. The van der Waals surface area contributed by atoms with Gasteiger partial charge in [-0.3, -0.25) is 4.79 Å². The Hall–Kier alpha value is -1.58. The van der Waals surface area contributed by atoms with Crippen molar-refractivity contribution >= 4 is 27.5 Å². The number of nitriles is 1. The maximum Gasteiger partial charge on any atom is 0.266 e. The van der Waals surface area contributed by atoms with Crippen LogP contribution in [0.5, 0.6) is 0 Å². The molecular weight excluding hydrogens is 288 g/mol. The van der Waals surface area contributed by atoms with Gasteiger partial charge in [0, 0.05) is 6.42 Å². The van der Waals surface area contributed by atoms with E-state index in [1.807, 2.05) is 10.8 Å². The standard InChI is InChI=1S/C12H13ClN2O3S/c1-9-5-4-6-10(11(9)13)12(16)15-19(17,18)8-3-2-7-14/h4-6H,2-3,8H2,1H3,(H,15,16). The topological polar surface area (TPSA) is 87.0 Å². The van der Waals surface area contributed by atoms with Crippen molar-refractivity contribution in [2.45, 2.75) is 19.8 Å². The maximum absolute atomic E-state index is 11.8. The molecule has 0 radical (unpaired) electrons. The Morgan fingerprint density at radius 3 is 2.79 bits per heavy atom. The Morgan fingerprint density at radius 2 is 2.16 bits per heavy atom. The monoisotopic (exact) mass is 300 g/mol. The van der Waals surface area contributed by atoms with Gasteiger partial charge in [-0.2, -0.15) is 5.26 Å². The highest BCUT2D eigenvalue weighted by atomic mass is 35.5. The van der Waals surface area contributed by atoms with Crippen LogP contribution in [-0.2, 0) is 10.0 Å². The highest BCUT2D eigenvalue weighted by Crippen LogP contribution is 2.20. The summed E-state index contributed by atoms with van der Waals surface area (Å²) in [6, 6.07) is 6.64. The first kappa shape index (κ1) is 15.5. The lowest BCUT2D eigenvalue weighted by atomic mass is 10.1. The van der Waals surface area contributed by atoms with Crippen molar-refractivity contribution < 1.29 is 13.2 Å². The molecule has 0 bridgehead atoms. The predicted molar refractivity (Wildman–Crippen MR) is 72.3 cm³/mol. The number of rotatable bonds is 5. The molecule has 5 nitrogen and oxygen atoms in total. The Balaban J connectivity index is 2.80. The first-order valence-electron chi connectivity index (χ1n) is 5.54. The molecule has 0 atom stereocenters. The molecule has 0 aliphatic carbocycles. The second-order valence-corrected chi connectivity index (χ2v) is 6.17. The van der Waals surface area contributed by atoms with Crippen LogP contribution in [0.4, 0.5) is 0 Å². The van der Waals surface area contributed by atoms with Crippen LogP contribution >= 0.6 is 11.6 Å². The van der Waals surface area contributed by atoms with Gasteiger partial charge in [-0.15, -0.1) is 0 Å². The minimum absolute atomic E-state index is 0.116. The van der Waals surface area contributed by atoms with Gasteiger partial charge in [0.25, 0.3) is 5.91 Å². The third-order valence-corrected chi connectivity index (χ3v) is 4.21. The first-order valence-corrected chi connectivity index (χ1v) is 7.57. The molecule has 1 rings (SSSR count). The van der Waals surface area contributed by atoms with E-state index in [0.717, 1.165) is 0 Å². The fourth-order valence-electron chi connectivity index (χ4n) is 1.41. The molecule has 19 heavy (non-hydrogen) atoms. The van der Waals surface area contributed by atoms with Gasteiger partial charge in [0.15, 0.2) is 0 Å². The Bertz CT molecular complexity index is 620. The number of aryl methyl sites for hydroxylation is 1. The highest BCUT2D eigenvalue weighted by molar-refractivity contribution is 7.90. The molecule has 1 aromatic carbocycles. The fraction of sp³-hybridized carbons (Fsp3) is 0.333. The molecule has 1 N–H and O–H groups in total. The molecule has 0 unspecified atom stereocenters. The molecule has 0 aliphatic heterocycles. The number of carbonyl (C=O) groups excluding carboxylic acids is 1. The summed E-state index contributed by atoms with van der Waals surface area (Å²) in [5.74, 6) is -1.03. The molecule has 0 spiro atoms. The largest absolute Gasteiger partial charge is 0.268 e. The summed E-state index contributed by atoms with van der Waals surface area (Å²) in [7, 11) is -3.74. The van der Waals surface area contributed by atoms with Crippen LogP contribution in [0.15, 0.2) is 18.2 Å². The van der Waals surface area contributed by atoms with Crippen molar-refractivity contribution in [2.24, 2.45) is 0 Å². The molecule has 0 aliphatic rings. The number of sulfonamides is 1. The van der Waals surface area contributed by atoms with Crippen LogP contribution < -0.4 is 4.72 Å². The lowest BCUT2D eigenvalue weighted by Crippen LogP contribution is -2.32. The van der Waals surface area contributed by atoms with E-state index in [0.29, 0.717) is 5.56 Å². The van der Waals surface area contributed by atoms with Gasteiger partial charge in [0.1, 0.15) is 0 Å². The molecular formula is C12H13ClN2O3S. The molecule has 0 saturated heterocycles. The summed E-state index contributed by atoms with van der Waals surface area (Å²) >= 11 is 5.95. The number of benzene rings is 1. The molecule has 0 fully saturated rings. The lowest BCUT2D eigenvalue weighted by Gasteiger charge is -2.08. The van der Waals surface area contributed by atoms with E-state index in [9.17, 15) is 13.2 Å². The zero-order chi connectivity index (χ0) is 14.5. The average molecular weight is 301 g/mol. The molecule has 1 aromatic rings. The molecule has 0 aromatic heterocycles. The number of hydrogen-bond donors (Lipinski definition) is 1. The zero-order valence-electron chi connectivity index (χ0n) is 10.3. The summed E-state index contributed by atoms with van der Waals surface area (Å²) < 4.78 is 25.1. The van der Waals surface area contributed by atoms with Crippen molar-refractivity contribution in [1.29, 1.82) is 5.26 Å². The van der Waals surface area contributed by atoms with E-state index < -0.39 is 15.9 Å². The van der Waals surface area contributed by atoms with Gasteiger partial charge >= 0.3 is 0 Å². The minimum Gasteiger partial charge on any atom is -0.268 e. The Labute approximate surface area is 117 Å². The maximum atomic E-state index is 11.8. The van der Waals surface area contributed by atoms with Crippen LogP contribution in [0.1, 0.15) is 28.8 Å². The Morgan fingerprint density at radius 1 is 1.47 bits per heavy atom. The third-order valence-electron chi connectivity index (χ3n) is 2.39. The SMILES string of the molecule is Cc1cccc(C(=O)NS(=O)(=O)CCCC#N)c1Cl. The summed E-state index contributed by atoms with van der Waals surface area (Å²) in [6.45, 7) is 1.72. The smallest absolute Gasteiger partial charge is 0.266 e. The number of carbonyl (C=O) groups is 1. The van der Waals surface area contributed by atoms with E-state index in [1.165, 1.54) is 6.07 Å². The van der Waals surface area contributed by atoms with E-state index in [4.69, 9.17) is 16.9 Å². The quantitative estimate of drug-likeness (QED) is 0.843. The van der Waals surface area contributed by atoms with Gasteiger partial charge < -0.3 is 0 Å². The number of amides is 1. The van der Waals surface area contributed by atoms with E-state index >= 15 is 0 Å². The molecule has 0 saturated carbocycles. The van der Waals surface area contributed by atoms with Gasteiger partial charge in [-0.1, -0.05) is 23.7 Å². The summed E-state index contributed by atoms with van der Waals surface area (Å²) in [5, 5.41) is 8.57. The second kappa shape index (κ2) is 6.55. The van der Waals surface area contributed by atoms with Crippen LogP contribution in [0, 0.1) is 18.3 Å². The number of hydrogen-bond acceptors (Lipinski definition) is 4. The lowest BCUT2D eigenvalue weighted by molar-refractivity contribution is 0.0981. The summed E-state index contributed by atoms with van der Waals surface area (Å²) in [6.07, 6.45) is 0.307. The number of nitrogens with one attached hydrogen (secondary N) is 1. The van der Waals surface area contributed by atoms with Crippen LogP contribution in [0.3, 0.4) is 0 Å². The number of nitrogens with zero attached hydrogens (tertiary/aromatic N) is 1. The van der Waals surface area contributed by atoms with Crippen molar-refractivity contribution in [3.05, 3.63) is 34.3 Å². The molecule has 102 valence electrons. The summed E-state index contributed by atoms with van der Waals surface area (Å²) in [5.41, 5.74) is 0.807. The zero-order valence-corrected chi connectivity index (χ0v) is 11.9. The normalized spacial score (nSPS) is 10.8. The van der Waals surface area contributed by atoms with E-state index in [2.05, 4.69) is 0 Å². The van der Waals surface area contributed by atoms with E-state index in [-0.39, 0.29) is 29.2 Å². The Kier molecular flexibility index (Phi) is 5.33. The minimum atomic E-state index is -3.74. The van der Waals surface area contributed by atoms with Gasteiger partial charge in [-0.25, -0.2) is 13.1 Å². The van der Waals surface area contributed by atoms with Crippen LogP contribution in [-0.4, -0.2) is 20.1 Å².